The van der Waals surface area contributed by atoms with Crippen LogP contribution in [0.4, 0.5) is 0 Å². The quantitative estimate of drug-likeness (QED) is 0.616. The van der Waals surface area contributed by atoms with Crippen molar-refractivity contribution in [2.75, 3.05) is 21.1 Å². The zero-order valence-electron chi connectivity index (χ0n) is 10.7. The number of hydrogen-bond acceptors (Lipinski definition) is 0. The van der Waals surface area contributed by atoms with Gasteiger partial charge in [-0.05, 0) is 31.9 Å². The van der Waals surface area contributed by atoms with Crippen LogP contribution in [0.3, 0.4) is 0 Å². The van der Waals surface area contributed by atoms with Crippen molar-refractivity contribution >= 4 is 0 Å². The Kier molecular flexibility index (Phi) is 4.82. The Morgan fingerprint density at radius 1 is 0.933 bits per heavy atom. The fraction of sp³-hybridized carbons (Fsp3) is 0.538. The summed E-state index contributed by atoms with van der Waals surface area (Å²) in [4.78, 5) is 0. The van der Waals surface area contributed by atoms with Gasteiger partial charge in [-0.2, -0.15) is 0 Å². The lowest BCUT2D eigenvalue weighted by Crippen LogP contribution is -3.00. The van der Waals surface area contributed by atoms with Gasteiger partial charge in [0.2, 0.25) is 0 Å². The smallest absolute Gasteiger partial charge is 0.104 e. The predicted molar refractivity (Wildman–Crippen MR) is 62.4 cm³/mol. The average Bonchev–Trinajstić information content (AvgIpc) is 1.95. The van der Waals surface area contributed by atoms with Crippen LogP contribution in [-0.4, -0.2) is 25.6 Å². The zero-order valence-corrected chi connectivity index (χ0v) is 11.4. The summed E-state index contributed by atoms with van der Waals surface area (Å²) in [5.74, 6) is 0. The molecular weight excluding hydrogens is 206 g/mol. The van der Waals surface area contributed by atoms with Crippen LogP contribution < -0.4 is 12.4 Å². The maximum atomic E-state index is 2.28. The van der Waals surface area contributed by atoms with Gasteiger partial charge >= 0.3 is 0 Å². The molecule has 0 bridgehead atoms. The van der Waals surface area contributed by atoms with Crippen molar-refractivity contribution in [3.63, 3.8) is 0 Å². The molecule has 0 saturated heterocycles. The van der Waals surface area contributed by atoms with Crippen LogP contribution in [0.5, 0.6) is 0 Å². The van der Waals surface area contributed by atoms with Crippen molar-refractivity contribution in [2.24, 2.45) is 0 Å². The molecule has 0 fully saturated rings. The van der Waals surface area contributed by atoms with Crippen LogP contribution in [0.15, 0.2) is 12.1 Å². The summed E-state index contributed by atoms with van der Waals surface area (Å²) in [5, 5.41) is 0. The van der Waals surface area contributed by atoms with Crippen molar-refractivity contribution in [3.05, 3.63) is 34.4 Å². The average molecular weight is 228 g/mol. The van der Waals surface area contributed by atoms with Crippen LogP contribution in [0.2, 0.25) is 0 Å². The van der Waals surface area contributed by atoms with Crippen molar-refractivity contribution in [1.82, 2.24) is 0 Å². The van der Waals surface area contributed by atoms with E-state index >= 15 is 0 Å². The van der Waals surface area contributed by atoms with Gasteiger partial charge in [-0.1, -0.05) is 17.7 Å². The van der Waals surface area contributed by atoms with Crippen LogP contribution in [0.25, 0.3) is 0 Å². The van der Waals surface area contributed by atoms with Gasteiger partial charge in [-0.3, -0.25) is 0 Å². The van der Waals surface area contributed by atoms with E-state index in [-0.39, 0.29) is 12.4 Å². The third-order valence-corrected chi connectivity index (χ3v) is 2.47. The summed E-state index contributed by atoms with van der Waals surface area (Å²) in [6.45, 7) is 7.70. The fourth-order valence-corrected chi connectivity index (χ4v) is 1.93. The molecule has 0 aliphatic carbocycles. The Bertz CT molecular complexity index is 314. The molecule has 1 aromatic carbocycles. The zero-order chi connectivity index (χ0) is 10.9. The minimum Gasteiger partial charge on any atom is -1.00 e. The molecule has 1 aromatic rings. The summed E-state index contributed by atoms with van der Waals surface area (Å²) in [6.07, 6.45) is 0. The number of quaternary nitrogens is 1. The SMILES string of the molecule is Cc1cc(C)c(C[N+](C)(C)C)c(C)c1.[Cl-]. The van der Waals surface area contributed by atoms with Gasteiger partial charge in [-0.25, -0.2) is 0 Å². The number of aryl methyl sites for hydroxylation is 3. The summed E-state index contributed by atoms with van der Waals surface area (Å²) in [5.41, 5.74) is 5.72. The van der Waals surface area contributed by atoms with Crippen LogP contribution in [-0.2, 0) is 6.54 Å². The van der Waals surface area contributed by atoms with E-state index in [4.69, 9.17) is 0 Å². The van der Waals surface area contributed by atoms with E-state index in [2.05, 4.69) is 54.0 Å². The first-order valence-corrected chi connectivity index (χ1v) is 5.17. The molecule has 0 radical (unpaired) electrons. The normalized spacial score (nSPS) is 11.1. The highest BCUT2D eigenvalue weighted by atomic mass is 35.5. The molecular formula is C13H22ClN. The Hall–Kier alpha value is -0.530. The summed E-state index contributed by atoms with van der Waals surface area (Å²) in [6, 6.07) is 4.55. The monoisotopic (exact) mass is 227 g/mol. The second kappa shape index (κ2) is 5.00. The van der Waals surface area contributed by atoms with Gasteiger partial charge in [0.15, 0.2) is 0 Å². The Morgan fingerprint density at radius 2 is 1.33 bits per heavy atom. The lowest BCUT2D eigenvalue weighted by molar-refractivity contribution is -0.884. The highest BCUT2D eigenvalue weighted by Gasteiger charge is 2.13. The molecule has 0 amide bonds. The second-order valence-electron chi connectivity index (χ2n) is 5.33. The van der Waals surface area contributed by atoms with E-state index < -0.39 is 0 Å². The molecule has 0 saturated carbocycles. The first-order chi connectivity index (χ1) is 6.29. The van der Waals surface area contributed by atoms with E-state index in [1.807, 2.05) is 0 Å². The van der Waals surface area contributed by atoms with Gasteiger partial charge < -0.3 is 16.9 Å². The molecule has 0 atom stereocenters. The van der Waals surface area contributed by atoms with Crippen LogP contribution >= 0.6 is 0 Å². The summed E-state index contributed by atoms with van der Waals surface area (Å²) < 4.78 is 0.991. The minimum atomic E-state index is 0. The lowest BCUT2D eigenvalue weighted by Gasteiger charge is -2.26. The van der Waals surface area contributed by atoms with E-state index in [1.54, 1.807) is 0 Å². The molecule has 0 aliphatic rings. The molecule has 0 spiro atoms. The first kappa shape index (κ1) is 14.5. The molecule has 15 heavy (non-hydrogen) atoms. The van der Waals surface area contributed by atoms with Gasteiger partial charge in [-0.15, -0.1) is 0 Å². The Balaban J connectivity index is 0.00000196. The number of nitrogens with zero attached hydrogens (tertiary/aromatic N) is 1. The van der Waals surface area contributed by atoms with Gasteiger partial charge in [0, 0.05) is 5.56 Å². The largest absolute Gasteiger partial charge is 1.00 e. The van der Waals surface area contributed by atoms with Crippen molar-refractivity contribution in [2.45, 2.75) is 27.3 Å². The summed E-state index contributed by atoms with van der Waals surface area (Å²) >= 11 is 0. The minimum absolute atomic E-state index is 0. The lowest BCUT2D eigenvalue weighted by atomic mass is 9.99. The van der Waals surface area contributed by atoms with E-state index in [1.165, 1.54) is 22.3 Å². The van der Waals surface area contributed by atoms with Crippen molar-refractivity contribution in [1.29, 1.82) is 0 Å². The predicted octanol–water partition coefficient (Wildman–Crippen LogP) is -0.178. The molecule has 0 heterocycles. The molecule has 0 aromatic heterocycles. The maximum Gasteiger partial charge on any atom is 0.104 e. The Labute approximate surface area is 100 Å². The highest BCUT2D eigenvalue weighted by Crippen LogP contribution is 2.19. The Morgan fingerprint density at radius 3 is 1.67 bits per heavy atom. The van der Waals surface area contributed by atoms with E-state index in [0.29, 0.717) is 0 Å². The summed E-state index contributed by atoms with van der Waals surface area (Å²) in [7, 11) is 6.70. The second-order valence-corrected chi connectivity index (χ2v) is 5.33. The standard InChI is InChI=1S/C13H22N.ClH/c1-10-7-11(2)13(12(3)8-10)9-14(4,5)6;/h7-8H,9H2,1-6H3;1H/q+1;/p-1. The van der Waals surface area contributed by atoms with Gasteiger partial charge in [0.1, 0.15) is 6.54 Å². The van der Waals surface area contributed by atoms with Gasteiger partial charge in [0.25, 0.3) is 0 Å². The fourth-order valence-electron chi connectivity index (χ4n) is 1.93. The van der Waals surface area contributed by atoms with Crippen LogP contribution in [0.1, 0.15) is 22.3 Å². The molecule has 2 heteroatoms. The van der Waals surface area contributed by atoms with Crippen molar-refractivity contribution < 1.29 is 16.9 Å². The molecule has 0 unspecified atom stereocenters. The number of rotatable bonds is 2. The number of halogens is 1. The van der Waals surface area contributed by atoms with Crippen molar-refractivity contribution in [3.8, 4) is 0 Å². The maximum absolute atomic E-state index is 2.28. The number of benzene rings is 1. The molecule has 0 aliphatic heterocycles. The van der Waals surface area contributed by atoms with Crippen LogP contribution in [0, 0.1) is 20.8 Å². The topological polar surface area (TPSA) is 0 Å². The highest BCUT2D eigenvalue weighted by molar-refractivity contribution is 5.36. The molecule has 1 rings (SSSR count). The third-order valence-electron chi connectivity index (χ3n) is 2.47. The number of hydrogen-bond donors (Lipinski definition) is 0. The molecule has 0 N–H and O–H groups in total. The first-order valence-electron chi connectivity index (χ1n) is 5.17. The molecule has 86 valence electrons. The van der Waals surface area contributed by atoms with E-state index in [9.17, 15) is 0 Å². The molecule has 1 nitrogen and oxygen atoms in total. The third kappa shape index (κ3) is 4.23. The van der Waals surface area contributed by atoms with E-state index in [0.717, 1.165) is 11.0 Å². The van der Waals surface area contributed by atoms with Gasteiger partial charge in [0.05, 0.1) is 21.1 Å².